The fraction of sp³-hybridized carbons (Fsp3) is 0.600. The van der Waals surface area contributed by atoms with E-state index in [1.165, 1.54) is 16.2 Å². The fourth-order valence-corrected chi connectivity index (χ4v) is 4.83. The number of benzene rings is 1. The van der Waals surface area contributed by atoms with E-state index in [9.17, 15) is 9.59 Å². The standard InChI is InChI=1S/C20H27N3O2/c1-16-6-2-3-7-17(16)22-12-10-21(11-13-22)15-23-18(24)14-20(19(23)25)8-4-5-9-20/h2-3,6-7H,4-5,8-15H2,1H3/p+1. The number of rotatable bonds is 3. The Kier molecular flexibility index (Phi) is 4.28. The molecule has 0 atom stereocenters. The average molecular weight is 342 g/mol. The van der Waals surface area contributed by atoms with Crippen LogP contribution in [0.2, 0.25) is 0 Å². The first-order valence-electron chi connectivity index (χ1n) is 9.58. The topological polar surface area (TPSA) is 45.1 Å². The zero-order valence-electron chi connectivity index (χ0n) is 15.1. The molecular formula is C20H28N3O2+. The summed E-state index contributed by atoms with van der Waals surface area (Å²) in [5.41, 5.74) is 2.28. The highest BCUT2D eigenvalue weighted by Gasteiger charge is 2.53. The third kappa shape index (κ3) is 2.95. The van der Waals surface area contributed by atoms with Crippen molar-refractivity contribution in [1.29, 1.82) is 0 Å². The van der Waals surface area contributed by atoms with Crippen LogP contribution in [-0.2, 0) is 9.59 Å². The van der Waals surface area contributed by atoms with Crippen LogP contribution in [0.1, 0.15) is 37.7 Å². The van der Waals surface area contributed by atoms with Crippen LogP contribution in [0, 0.1) is 12.3 Å². The molecule has 0 aromatic heterocycles. The first-order valence-corrected chi connectivity index (χ1v) is 9.58. The molecule has 2 heterocycles. The van der Waals surface area contributed by atoms with E-state index in [0.717, 1.165) is 51.9 Å². The van der Waals surface area contributed by atoms with E-state index in [2.05, 4.69) is 36.1 Å². The normalized spacial score (nSPS) is 23.9. The minimum absolute atomic E-state index is 0.0562. The second-order valence-corrected chi connectivity index (χ2v) is 7.97. The molecule has 2 aliphatic heterocycles. The Bertz CT molecular complexity index is 673. The number of likely N-dealkylation sites (tertiary alicyclic amines) is 1. The van der Waals surface area contributed by atoms with Gasteiger partial charge in [-0.15, -0.1) is 0 Å². The van der Waals surface area contributed by atoms with E-state index in [1.54, 1.807) is 4.90 Å². The lowest BCUT2D eigenvalue weighted by atomic mass is 9.85. The van der Waals surface area contributed by atoms with E-state index in [1.807, 2.05) is 0 Å². The molecule has 1 N–H and O–H groups in total. The van der Waals surface area contributed by atoms with Gasteiger partial charge in [0.2, 0.25) is 11.8 Å². The van der Waals surface area contributed by atoms with E-state index >= 15 is 0 Å². The molecule has 5 nitrogen and oxygen atoms in total. The lowest BCUT2D eigenvalue weighted by Gasteiger charge is -2.35. The predicted octanol–water partition coefficient (Wildman–Crippen LogP) is 0.977. The van der Waals surface area contributed by atoms with Crippen molar-refractivity contribution >= 4 is 17.5 Å². The van der Waals surface area contributed by atoms with Crippen molar-refractivity contribution in [2.24, 2.45) is 5.41 Å². The summed E-state index contributed by atoms with van der Waals surface area (Å²) in [5.74, 6) is 0.171. The van der Waals surface area contributed by atoms with Crippen molar-refractivity contribution in [1.82, 2.24) is 4.90 Å². The molecule has 4 rings (SSSR count). The Morgan fingerprint density at radius 3 is 2.44 bits per heavy atom. The van der Waals surface area contributed by atoms with Crippen LogP contribution in [0.5, 0.6) is 0 Å². The lowest BCUT2D eigenvalue weighted by Crippen LogP contribution is -3.16. The van der Waals surface area contributed by atoms with Gasteiger partial charge in [0.25, 0.3) is 0 Å². The zero-order valence-corrected chi connectivity index (χ0v) is 15.1. The van der Waals surface area contributed by atoms with Crippen LogP contribution in [0.3, 0.4) is 0 Å². The van der Waals surface area contributed by atoms with Gasteiger partial charge in [-0.05, 0) is 31.4 Å². The number of carbonyl (C=O) groups excluding carboxylic acids is 2. The van der Waals surface area contributed by atoms with Crippen molar-refractivity contribution in [3.05, 3.63) is 29.8 Å². The molecule has 1 aromatic carbocycles. The summed E-state index contributed by atoms with van der Waals surface area (Å²) in [6.45, 7) is 6.60. The number of imide groups is 1. The maximum atomic E-state index is 12.8. The van der Waals surface area contributed by atoms with Crippen LogP contribution < -0.4 is 9.80 Å². The summed E-state index contributed by atoms with van der Waals surface area (Å²) in [6, 6.07) is 8.49. The maximum Gasteiger partial charge on any atom is 0.240 e. The van der Waals surface area contributed by atoms with E-state index in [-0.39, 0.29) is 17.2 Å². The molecule has 1 spiro atoms. The van der Waals surface area contributed by atoms with Gasteiger partial charge < -0.3 is 9.80 Å². The number of quaternary nitrogens is 1. The van der Waals surface area contributed by atoms with Gasteiger partial charge in [-0.25, -0.2) is 4.90 Å². The predicted molar refractivity (Wildman–Crippen MR) is 96.3 cm³/mol. The number of piperazine rings is 1. The summed E-state index contributed by atoms with van der Waals surface area (Å²) in [6.07, 6.45) is 4.45. The number of aryl methyl sites for hydroxylation is 1. The van der Waals surface area contributed by atoms with Gasteiger partial charge in [0, 0.05) is 12.1 Å². The molecule has 1 saturated carbocycles. The summed E-state index contributed by atoms with van der Waals surface area (Å²) < 4.78 is 0. The largest absolute Gasteiger partial charge is 0.360 e. The quantitative estimate of drug-likeness (QED) is 0.833. The highest BCUT2D eigenvalue weighted by molar-refractivity contribution is 6.05. The molecule has 1 aromatic rings. The number of nitrogens with one attached hydrogen (secondary N) is 1. The third-order valence-electron chi connectivity index (χ3n) is 6.36. The number of amides is 2. The summed E-state index contributed by atoms with van der Waals surface area (Å²) in [7, 11) is 0. The molecule has 25 heavy (non-hydrogen) atoms. The molecule has 134 valence electrons. The number of hydrogen-bond donors (Lipinski definition) is 1. The molecule has 0 radical (unpaired) electrons. The monoisotopic (exact) mass is 342 g/mol. The molecule has 5 heteroatoms. The fourth-order valence-electron chi connectivity index (χ4n) is 4.83. The van der Waals surface area contributed by atoms with Crippen LogP contribution >= 0.6 is 0 Å². The van der Waals surface area contributed by atoms with Crippen molar-refractivity contribution in [2.75, 3.05) is 37.7 Å². The SMILES string of the molecule is Cc1ccccc1N1CC[NH+](CN2C(=O)CC3(CCCC3)C2=O)CC1. The molecule has 1 aliphatic carbocycles. The van der Waals surface area contributed by atoms with Crippen molar-refractivity contribution in [2.45, 2.75) is 39.0 Å². The van der Waals surface area contributed by atoms with Crippen molar-refractivity contribution in [3.63, 3.8) is 0 Å². The first-order chi connectivity index (χ1) is 12.1. The molecular weight excluding hydrogens is 314 g/mol. The average Bonchev–Trinajstić information content (AvgIpc) is 3.17. The van der Waals surface area contributed by atoms with Crippen LogP contribution in [0.15, 0.2) is 24.3 Å². The van der Waals surface area contributed by atoms with E-state index in [4.69, 9.17) is 0 Å². The molecule has 3 aliphatic rings. The molecule has 2 amide bonds. The van der Waals surface area contributed by atoms with Crippen LogP contribution in [-0.4, -0.2) is 49.6 Å². The van der Waals surface area contributed by atoms with E-state index < -0.39 is 0 Å². The minimum Gasteiger partial charge on any atom is -0.360 e. The Morgan fingerprint density at radius 2 is 1.76 bits per heavy atom. The smallest absolute Gasteiger partial charge is 0.240 e. The lowest BCUT2D eigenvalue weighted by molar-refractivity contribution is -0.908. The van der Waals surface area contributed by atoms with Gasteiger partial charge in [0.1, 0.15) is 0 Å². The highest BCUT2D eigenvalue weighted by atomic mass is 16.2. The molecule has 0 bridgehead atoms. The summed E-state index contributed by atoms with van der Waals surface area (Å²) >= 11 is 0. The van der Waals surface area contributed by atoms with Gasteiger partial charge in [-0.2, -0.15) is 0 Å². The summed E-state index contributed by atoms with van der Waals surface area (Å²) in [4.78, 5) is 30.6. The molecule has 3 fully saturated rings. The number of anilines is 1. The number of nitrogens with zero attached hydrogens (tertiary/aromatic N) is 2. The second kappa shape index (κ2) is 6.45. The summed E-state index contributed by atoms with van der Waals surface area (Å²) in [5, 5.41) is 0. The van der Waals surface area contributed by atoms with Gasteiger partial charge in [0.15, 0.2) is 6.67 Å². The van der Waals surface area contributed by atoms with Gasteiger partial charge in [-0.3, -0.25) is 9.59 Å². The maximum absolute atomic E-state index is 12.8. The van der Waals surface area contributed by atoms with Crippen molar-refractivity contribution in [3.8, 4) is 0 Å². The Morgan fingerprint density at radius 1 is 1.08 bits per heavy atom. The van der Waals surface area contributed by atoms with Gasteiger partial charge in [-0.1, -0.05) is 31.0 Å². The van der Waals surface area contributed by atoms with Gasteiger partial charge in [0.05, 0.1) is 31.6 Å². The van der Waals surface area contributed by atoms with Gasteiger partial charge >= 0.3 is 0 Å². The van der Waals surface area contributed by atoms with Crippen molar-refractivity contribution < 1.29 is 14.5 Å². The van der Waals surface area contributed by atoms with Crippen LogP contribution in [0.4, 0.5) is 5.69 Å². The van der Waals surface area contributed by atoms with E-state index in [0.29, 0.717) is 13.1 Å². The zero-order chi connectivity index (χ0) is 17.4. The number of para-hydroxylation sites is 1. The number of hydrogen-bond acceptors (Lipinski definition) is 3. The minimum atomic E-state index is -0.334. The Balaban J connectivity index is 1.37. The van der Waals surface area contributed by atoms with Crippen LogP contribution in [0.25, 0.3) is 0 Å². The molecule has 2 saturated heterocycles. The first kappa shape index (κ1) is 16.6. The molecule has 0 unspecified atom stereocenters. The Labute approximate surface area is 149 Å². The number of carbonyl (C=O) groups is 2. The Hall–Kier alpha value is -1.88. The second-order valence-electron chi connectivity index (χ2n) is 7.97. The third-order valence-corrected chi connectivity index (χ3v) is 6.36. The highest BCUT2D eigenvalue weighted by Crippen LogP contribution is 2.46.